The number of benzene rings is 1. The summed E-state index contributed by atoms with van der Waals surface area (Å²) < 4.78 is 19.2. The van der Waals surface area contributed by atoms with E-state index >= 15 is 0 Å². The third kappa shape index (κ3) is 2.02. The van der Waals surface area contributed by atoms with E-state index in [9.17, 15) is 5.11 Å². The van der Waals surface area contributed by atoms with Crippen LogP contribution in [-0.2, 0) is 16.6 Å². The zero-order valence-electron chi connectivity index (χ0n) is 19.0. The van der Waals surface area contributed by atoms with Crippen molar-refractivity contribution in [3.05, 3.63) is 23.3 Å². The maximum atomic E-state index is 11.0. The quantitative estimate of drug-likeness (QED) is 0.785. The number of hydrogen-bond donors (Lipinski definition) is 1. The summed E-state index contributed by atoms with van der Waals surface area (Å²) in [5.41, 5.74) is 2.59. The second kappa shape index (κ2) is 5.98. The molecule has 7 atom stereocenters. The largest absolute Gasteiger partial charge is 0.493 e. The van der Waals surface area contributed by atoms with E-state index in [0.717, 1.165) is 49.6 Å². The molecule has 2 aliphatic heterocycles. The average molecular weight is 426 g/mol. The van der Waals surface area contributed by atoms with Crippen LogP contribution >= 0.6 is 0 Å². The highest BCUT2D eigenvalue weighted by atomic mass is 16.6. The molecule has 4 bridgehead atoms. The third-order valence-corrected chi connectivity index (χ3v) is 10.5. The highest BCUT2D eigenvalue weighted by molar-refractivity contribution is 5.63. The number of fused-ring (bicyclic) bond motifs is 2. The predicted molar refractivity (Wildman–Crippen MR) is 117 cm³/mol. The van der Waals surface area contributed by atoms with Crippen LogP contribution in [0.3, 0.4) is 0 Å². The molecule has 1 N–H and O–H groups in total. The lowest BCUT2D eigenvalue weighted by molar-refractivity contribution is -0.288. The van der Waals surface area contributed by atoms with E-state index < -0.39 is 11.7 Å². The molecule has 31 heavy (non-hydrogen) atoms. The Labute approximate surface area is 185 Å². The van der Waals surface area contributed by atoms with Crippen molar-refractivity contribution in [3.8, 4) is 11.5 Å². The average Bonchev–Trinajstić information content (AvgIpc) is 3.52. The SMILES string of the molecule is COc1ccc2c3c1O[C@H]1[C@@]4(OC)CC[C@@]5(C[C@@H]4C(C)O)[C@@H](C2)N(CC2CC2)CC[C@]315. The van der Waals surface area contributed by atoms with Crippen LogP contribution in [0.4, 0.5) is 0 Å². The van der Waals surface area contributed by atoms with Gasteiger partial charge in [0.1, 0.15) is 11.7 Å². The van der Waals surface area contributed by atoms with Gasteiger partial charge in [0.15, 0.2) is 11.5 Å². The standard InChI is InChI=1S/C26H35NO4/c1-15(28)18-13-24-8-9-26(18,30-3)23-25(24)10-11-27(14-16-4-5-16)20(24)12-17-6-7-19(29-2)22(31-23)21(17)25/h6-7,15-16,18,20,23,28H,4-5,8-14H2,1-3H3/t15?,18-,20-,23-,24-,25+,26-/m1/s1. The molecular weight excluding hydrogens is 390 g/mol. The molecule has 1 aromatic rings. The Morgan fingerprint density at radius 1 is 1.23 bits per heavy atom. The van der Waals surface area contributed by atoms with Gasteiger partial charge in [-0.3, -0.25) is 4.90 Å². The Bertz CT molecular complexity index is 944. The number of rotatable bonds is 5. The van der Waals surface area contributed by atoms with Crippen molar-refractivity contribution in [2.24, 2.45) is 17.3 Å². The van der Waals surface area contributed by atoms with Crippen molar-refractivity contribution in [2.45, 2.75) is 81.1 Å². The third-order valence-electron chi connectivity index (χ3n) is 10.5. The van der Waals surface area contributed by atoms with E-state index in [1.54, 1.807) is 7.11 Å². The fourth-order valence-corrected chi connectivity index (χ4v) is 9.17. The van der Waals surface area contributed by atoms with Crippen molar-refractivity contribution >= 4 is 0 Å². The zero-order valence-corrected chi connectivity index (χ0v) is 19.0. The van der Waals surface area contributed by atoms with Gasteiger partial charge in [0, 0.05) is 42.0 Å². The molecule has 5 heteroatoms. The molecule has 4 saturated carbocycles. The molecule has 0 aromatic heterocycles. The second-order valence-electron chi connectivity index (χ2n) is 11.4. The van der Waals surface area contributed by atoms with E-state index in [2.05, 4.69) is 17.0 Å². The van der Waals surface area contributed by atoms with E-state index in [0.29, 0.717) is 6.04 Å². The van der Waals surface area contributed by atoms with Gasteiger partial charge in [0.05, 0.1) is 13.2 Å². The molecule has 0 radical (unpaired) electrons. The first-order chi connectivity index (χ1) is 15.0. The number of likely N-dealkylation sites (tertiary alicyclic amines) is 1. The summed E-state index contributed by atoms with van der Waals surface area (Å²) >= 11 is 0. The molecule has 1 unspecified atom stereocenters. The van der Waals surface area contributed by atoms with Gasteiger partial charge >= 0.3 is 0 Å². The van der Waals surface area contributed by atoms with Crippen LogP contribution in [0.1, 0.15) is 56.6 Å². The Kier molecular flexibility index (Phi) is 3.70. The van der Waals surface area contributed by atoms with Crippen LogP contribution in [-0.4, -0.2) is 61.2 Å². The topological polar surface area (TPSA) is 51.2 Å². The number of nitrogens with zero attached hydrogens (tertiary/aromatic N) is 1. The highest BCUT2D eigenvalue weighted by Crippen LogP contribution is 2.77. The molecular formula is C26H35NO4. The summed E-state index contributed by atoms with van der Waals surface area (Å²) in [6.45, 7) is 4.36. The summed E-state index contributed by atoms with van der Waals surface area (Å²) in [6, 6.07) is 4.95. The van der Waals surface area contributed by atoms with Gasteiger partial charge in [-0.25, -0.2) is 0 Å². The van der Waals surface area contributed by atoms with Gasteiger partial charge in [0.2, 0.25) is 0 Å². The zero-order chi connectivity index (χ0) is 21.2. The summed E-state index contributed by atoms with van der Waals surface area (Å²) in [6.07, 6.45) is 7.78. The second-order valence-corrected chi connectivity index (χ2v) is 11.4. The van der Waals surface area contributed by atoms with Crippen molar-refractivity contribution in [1.82, 2.24) is 4.90 Å². The maximum absolute atomic E-state index is 11.0. The number of methoxy groups -OCH3 is 2. The first-order valence-electron chi connectivity index (χ1n) is 12.3. The van der Waals surface area contributed by atoms with E-state index in [1.165, 1.54) is 36.9 Å². The summed E-state index contributed by atoms with van der Waals surface area (Å²) in [7, 11) is 3.59. The molecule has 168 valence electrons. The summed E-state index contributed by atoms with van der Waals surface area (Å²) in [5, 5.41) is 11.0. The Balaban J connectivity index is 1.48. The Morgan fingerprint density at radius 3 is 2.77 bits per heavy atom. The van der Waals surface area contributed by atoms with Crippen molar-refractivity contribution in [1.29, 1.82) is 0 Å². The predicted octanol–water partition coefficient (Wildman–Crippen LogP) is 3.30. The van der Waals surface area contributed by atoms with Gasteiger partial charge in [-0.2, -0.15) is 0 Å². The number of aliphatic hydroxyl groups excluding tert-OH is 1. The lowest BCUT2D eigenvalue weighted by atomic mass is 9.34. The lowest BCUT2D eigenvalue weighted by Crippen LogP contribution is -2.81. The first-order valence-corrected chi connectivity index (χ1v) is 12.3. The van der Waals surface area contributed by atoms with E-state index in [-0.39, 0.29) is 22.9 Å². The summed E-state index contributed by atoms with van der Waals surface area (Å²) in [4.78, 5) is 2.84. The van der Waals surface area contributed by atoms with Crippen molar-refractivity contribution < 1.29 is 19.3 Å². The monoisotopic (exact) mass is 425 g/mol. The Morgan fingerprint density at radius 2 is 2.06 bits per heavy atom. The van der Waals surface area contributed by atoms with Crippen LogP contribution in [0.5, 0.6) is 11.5 Å². The highest BCUT2D eigenvalue weighted by Gasteiger charge is 2.81. The maximum Gasteiger partial charge on any atom is 0.165 e. The van der Waals surface area contributed by atoms with Crippen molar-refractivity contribution in [2.75, 3.05) is 27.3 Å². The Hall–Kier alpha value is -1.30. The minimum Gasteiger partial charge on any atom is -0.493 e. The molecule has 5 nitrogen and oxygen atoms in total. The van der Waals surface area contributed by atoms with Crippen LogP contribution in [0, 0.1) is 17.3 Å². The molecule has 2 spiro atoms. The number of aliphatic hydroxyl groups is 1. The minimum absolute atomic E-state index is 0.0190. The summed E-state index contributed by atoms with van der Waals surface area (Å²) in [5.74, 6) is 2.83. The van der Waals surface area contributed by atoms with Crippen molar-refractivity contribution in [3.63, 3.8) is 0 Å². The minimum atomic E-state index is -0.433. The van der Waals surface area contributed by atoms with Crippen LogP contribution in [0.25, 0.3) is 0 Å². The van der Waals surface area contributed by atoms with Gasteiger partial charge in [-0.15, -0.1) is 0 Å². The number of piperidine rings is 1. The van der Waals surface area contributed by atoms with Crippen LogP contribution in [0.15, 0.2) is 12.1 Å². The molecule has 1 saturated heterocycles. The molecule has 1 aromatic carbocycles. The number of hydrogen-bond acceptors (Lipinski definition) is 5. The van der Waals surface area contributed by atoms with Gasteiger partial charge < -0.3 is 19.3 Å². The molecule has 0 amide bonds. The van der Waals surface area contributed by atoms with Gasteiger partial charge in [-0.1, -0.05) is 6.07 Å². The molecule has 5 fully saturated rings. The lowest BCUT2D eigenvalue weighted by Gasteiger charge is -2.74. The van der Waals surface area contributed by atoms with E-state index in [1.807, 2.05) is 14.0 Å². The first kappa shape index (κ1) is 19.2. The van der Waals surface area contributed by atoms with Gasteiger partial charge in [0.25, 0.3) is 0 Å². The van der Waals surface area contributed by atoms with Crippen LogP contribution < -0.4 is 9.47 Å². The fourth-order valence-electron chi connectivity index (χ4n) is 9.17. The van der Waals surface area contributed by atoms with E-state index in [4.69, 9.17) is 14.2 Å². The molecule has 5 aliphatic carbocycles. The van der Waals surface area contributed by atoms with Crippen LogP contribution in [0.2, 0.25) is 0 Å². The molecule has 7 aliphatic rings. The number of ether oxygens (including phenoxy) is 3. The van der Waals surface area contributed by atoms with Gasteiger partial charge in [-0.05, 0) is 76.0 Å². The smallest absolute Gasteiger partial charge is 0.165 e. The fraction of sp³-hybridized carbons (Fsp3) is 0.769. The molecule has 8 rings (SSSR count). The molecule has 2 heterocycles. The normalized spacial score (nSPS) is 45.2.